The van der Waals surface area contributed by atoms with Gasteiger partial charge in [0.2, 0.25) is 0 Å². The van der Waals surface area contributed by atoms with Crippen molar-refractivity contribution in [1.82, 2.24) is 0 Å². The van der Waals surface area contributed by atoms with Crippen LogP contribution in [0, 0.1) is 0 Å². The quantitative estimate of drug-likeness (QED) is 0.702. The van der Waals surface area contributed by atoms with Gasteiger partial charge >= 0.3 is 0 Å². The van der Waals surface area contributed by atoms with Crippen LogP contribution in [0.15, 0.2) is 35.4 Å². The molecule has 0 fully saturated rings. The molecule has 1 aromatic carbocycles. The van der Waals surface area contributed by atoms with Gasteiger partial charge in [-0.25, -0.2) is 0 Å². The number of hydrogen-bond donors (Lipinski definition) is 1. The summed E-state index contributed by atoms with van der Waals surface area (Å²) in [6.07, 6.45) is 5.68. The third-order valence-corrected chi connectivity index (χ3v) is 1.58. The summed E-state index contributed by atoms with van der Waals surface area (Å²) >= 11 is 0. The van der Waals surface area contributed by atoms with Crippen LogP contribution in [0.2, 0.25) is 0 Å². The molecule has 0 spiro atoms. The van der Waals surface area contributed by atoms with Gasteiger partial charge in [-0.15, -0.1) is 0 Å². The average Bonchev–Trinajstić information content (AvgIpc) is 2.28. The molecule has 1 heterocycles. The smallest absolute Gasteiger partial charge is 0.0634 e. The van der Waals surface area contributed by atoms with E-state index in [9.17, 15) is 0 Å². The zero-order valence-corrected chi connectivity index (χ0v) is 7.77. The van der Waals surface area contributed by atoms with Gasteiger partial charge in [0.15, 0.2) is 0 Å². The van der Waals surface area contributed by atoms with Crippen LogP contribution in [0.25, 0.3) is 6.08 Å². The van der Waals surface area contributed by atoms with E-state index in [0.717, 1.165) is 5.69 Å². The van der Waals surface area contributed by atoms with Crippen molar-refractivity contribution < 1.29 is 22.4 Å². The fourth-order valence-corrected chi connectivity index (χ4v) is 1.04. The van der Waals surface area contributed by atoms with E-state index in [0.29, 0.717) is 0 Å². The molecular formula is C9H8AgN2. The minimum atomic E-state index is 0. The van der Waals surface area contributed by atoms with Crippen LogP contribution >= 0.6 is 0 Å². The number of hydrazone groups is 1. The Balaban J connectivity index is 0.000000720. The molecule has 1 aliphatic rings. The van der Waals surface area contributed by atoms with E-state index >= 15 is 0 Å². The molecule has 1 aromatic rings. The predicted molar refractivity (Wildman–Crippen MR) is 47.6 cm³/mol. The van der Waals surface area contributed by atoms with E-state index < -0.39 is 0 Å². The van der Waals surface area contributed by atoms with Gasteiger partial charge in [-0.05, 0) is 17.7 Å². The van der Waals surface area contributed by atoms with Crippen molar-refractivity contribution in [2.24, 2.45) is 5.10 Å². The zero-order valence-electron chi connectivity index (χ0n) is 6.29. The minimum Gasteiger partial charge on any atom is -0.278 e. The van der Waals surface area contributed by atoms with Gasteiger partial charge in [0, 0.05) is 28.6 Å². The Morgan fingerprint density at radius 1 is 1.17 bits per heavy atom. The zero-order chi connectivity index (χ0) is 7.52. The van der Waals surface area contributed by atoms with Crippen molar-refractivity contribution in [3.05, 3.63) is 35.9 Å². The van der Waals surface area contributed by atoms with Gasteiger partial charge in [0.05, 0.1) is 5.69 Å². The Morgan fingerprint density at radius 2 is 2.00 bits per heavy atom. The maximum atomic E-state index is 3.95. The Bertz CT molecular complexity index is 318. The van der Waals surface area contributed by atoms with Crippen LogP contribution in [-0.2, 0) is 22.4 Å². The SMILES string of the molecule is C1=Cc2ccccc2NN=C1.[Ag]. The summed E-state index contributed by atoms with van der Waals surface area (Å²) in [7, 11) is 0. The maximum absolute atomic E-state index is 3.95. The molecule has 0 saturated heterocycles. The van der Waals surface area contributed by atoms with E-state index in [1.165, 1.54) is 5.56 Å². The summed E-state index contributed by atoms with van der Waals surface area (Å²) in [6.45, 7) is 0. The monoisotopic (exact) mass is 251 g/mol. The third-order valence-electron chi connectivity index (χ3n) is 1.58. The molecule has 12 heavy (non-hydrogen) atoms. The van der Waals surface area contributed by atoms with Crippen LogP contribution in [0.3, 0.4) is 0 Å². The van der Waals surface area contributed by atoms with Crippen molar-refractivity contribution in [1.29, 1.82) is 0 Å². The summed E-state index contributed by atoms with van der Waals surface area (Å²) in [6, 6.07) is 8.05. The molecule has 1 N–H and O–H groups in total. The number of fused-ring (bicyclic) bond motifs is 1. The van der Waals surface area contributed by atoms with E-state index in [1.807, 2.05) is 36.4 Å². The second-order valence-electron chi connectivity index (χ2n) is 2.34. The second-order valence-corrected chi connectivity index (χ2v) is 2.34. The number of nitrogens with zero attached hydrogens (tertiary/aromatic N) is 1. The van der Waals surface area contributed by atoms with Gasteiger partial charge in [0.1, 0.15) is 0 Å². The molecule has 1 aliphatic heterocycles. The van der Waals surface area contributed by atoms with E-state index in [1.54, 1.807) is 6.21 Å². The molecule has 1 radical (unpaired) electrons. The van der Waals surface area contributed by atoms with E-state index in [-0.39, 0.29) is 22.4 Å². The molecule has 65 valence electrons. The Morgan fingerprint density at radius 3 is 2.92 bits per heavy atom. The van der Waals surface area contributed by atoms with Crippen LogP contribution in [0.4, 0.5) is 5.69 Å². The fourth-order valence-electron chi connectivity index (χ4n) is 1.04. The molecule has 2 rings (SSSR count). The van der Waals surface area contributed by atoms with Gasteiger partial charge in [-0.1, -0.05) is 24.3 Å². The Hall–Kier alpha value is -0.830. The standard InChI is InChI=1S/C9H8N2.Ag/c1-2-6-9-8(4-1)5-3-7-10-11-9;/h1-7,11H;. The number of hydrogen-bond acceptors (Lipinski definition) is 2. The predicted octanol–water partition coefficient (Wildman–Crippen LogP) is 2.11. The van der Waals surface area contributed by atoms with Crippen LogP contribution in [-0.4, -0.2) is 6.21 Å². The van der Waals surface area contributed by atoms with Gasteiger partial charge in [0.25, 0.3) is 0 Å². The van der Waals surface area contributed by atoms with Crippen LogP contribution in [0.5, 0.6) is 0 Å². The molecule has 0 atom stereocenters. The number of allylic oxidation sites excluding steroid dienone is 1. The van der Waals surface area contributed by atoms with Crippen molar-refractivity contribution in [2.75, 3.05) is 5.43 Å². The number of para-hydroxylation sites is 1. The molecule has 2 nitrogen and oxygen atoms in total. The van der Waals surface area contributed by atoms with Crippen molar-refractivity contribution in [3.8, 4) is 0 Å². The fraction of sp³-hybridized carbons (Fsp3) is 0. The molecule has 0 aliphatic carbocycles. The molecule has 0 bridgehead atoms. The van der Waals surface area contributed by atoms with Crippen molar-refractivity contribution >= 4 is 18.0 Å². The Kier molecular flexibility index (Phi) is 3.29. The average molecular weight is 252 g/mol. The number of rotatable bonds is 0. The summed E-state index contributed by atoms with van der Waals surface area (Å²) in [5, 5.41) is 3.95. The summed E-state index contributed by atoms with van der Waals surface area (Å²) in [5.74, 6) is 0. The van der Waals surface area contributed by atoms with Gasteiger partial charge in [-0.2, -0.15) is 5.10 Å². The normalized spacial score (nSPS) is 12.3. The first-order valence-corrected chi connectivity index (χ1v) is 3.51. The largest absolute Gasteiger partial charge is 0.278 e. The summed E-state index contributed by atoms with van der Waals surface area (Å²) in [5.41, 5.74) is 5.16. The first kappa shape index (κ1) is 9.26. The molecule has 0 unspecified atom stereocenters. The number of anilines is 1. The van der Waals surface area contributed by atoms with Crippen LogP contribution < -0.4 is 5.43 Å². The number of benzene rings is 1. The van der Waals surface area contributed by atoms with Crippen LogP contribution in [0.1, 0.15) is 5.56 Å². The van der Waals surface area contributed by atoms with Crippen molar-refractivity contribution in [3.63, 3.8) is 0 Å². The molecular weight excluding hydrogens is 244 g/mol. The first-order chi connectivity index (χ1) is 5.47. The molecule has 0 saturated carbocycles. The first-order valence-electron chi connectivity index (χ1n) is 3.51. The summed E-state index contributed by atoms with van der Waals surface area (Å²) in [4.78, 5) is 0. The molecule has 0 aromatic heterocycles. The van der Waals surface area contributed by atoms with E-state index in [2.05, 4.69) is 10.5 Å². The topological polar surface area (TPSA) is 24.4 Å². The maximum Gasteiger partial charge on any atom is 0.0634 e. The van der Waals surface area contributed by atoms with Crippen molar-refractivity contribution in [2.45, 2.75) is 0 Å². The Labute approximate surface area is 86.9 Å². The molecule has 0 amide bonds. The second kappa shape index (κ2) is 4.26. The van der Waals surface area contributed by atoms with E-state index in [4.69, 9.17) is 0 Å². The minimum absolute atomic E-state index is 0. The van der Waals surface area contributed by atoms with Gasteiger partial charge in [-0.3, -0.25) is 5.43 Å². The third kappa shape index (κ3) is 1.85. The summed E-state index contributed by atoms with van der Waals surface area (Å²) < 4.78 is 0. The number of nitrogens with one attached hydrogen (secondary N) is 1. The van der Waals surface area contributed by atoms with Gasteiger partial charge < -0.3 is 0 Å². The molecule has 3 heteroatoms.